The molecule has 102 valence electrons. The molecule has 0 amide bonds. The van der Waals surface area contributed by atoms with Gasteiger partial charge in [0.1, 0.15) is 11.3 Å². The third-order valence-electron chi connectivity index (χ3n) is 3.61. The lowest BCUT2D eigenvalue weighted by molar-refractivity contribution is 0.0142. The number of ether oxygens (including phenoxy) is 1. The van der Waals surface area contributed by atoms with Crippen molar-refractivity contribution in [3.63, 3.8) is 0 Å². The van der Waals surface area contributed by atoms with Crippen molar-refractivity contribution in [3.05, 3.63) is 11.9 Å². The molecule has 0 aliphatic carbocycles. The van der Waals surface area contributed by atoms with Crippen LogP contribution in [-0.4, -0.2) is 33.0 Å². The van der Waals surface area contributed by atoms with Crippen LogP contribution in [-0.2, 0) is 12.1 Å². The van der Waals surface area contributed by atoms with Gasteiger partial charge in [0, 0.05) is 11.8 Å². The Morgan fingerprint density at radius 1 is 1.67 bits per heavy atom. The zero-order valence-electron chi connectivity index (χ0n) is 11.3. The predicted molar refractivity (Wildman–Crippen MR) is 74.1 cm³/mol. The Morgan fingerprint density at radius 2 is 2.44 bits per heavy atom. The third-order valence-corrected chi connectivity index (χ3v) is 5.03. The monoisotopic (exact) mass is 270 g/mol. The van der Waals surface area contributed by atoms with Gasteiger partial charge in [0.25, 0.3) is 0 Å². The van der Waals surface area contributed by atoms with Gasteiger partial charge in [-0.3, -0.25) is 4.68 Å². The lowest BCUT2D eigenvalue weighted by Gasteiger charge is -2.38. The minimum absolute atomic E-state index is 0.174. The van der Waals surface area contributed by atoms with E-state index in [-0.39, 0.29) is 5.25 Å². The maximum absolute atomic E-state index is 11.1. The van der Waals surface area contributed by atoms with Gasteiger partial charge in [-0.25, -0.2) is 0 Å². The molecule has 0 radical (unpaired) electrons. The second-order valence-corrected chi connectivity index (χ2v) is 6.27. The van der Waals surface area contributed by atoms with Crippen LogP contribution in [0.4, 0.5) is 0 Å². The topological polar surface area (TPSA) is 47.3 Å². The first-order valence-electron chi connectivity index (χ1n) is 6.57. The average molecular weight is 270 g/mol. The molecule has 2 unspecified atom stereocenters. The molecule has 2 heterocycles. The van der Waals surface area contributed by atoms with Crippen molar-refractivity contribution in [3.8, 4) is 5.75 Å². The fourth-order valence-corrected chi connectivity index (χ4v) is 3.76. The molecule has 0 bridgehead atoms. The summed E-state index contributed by atoms with van der Waals surface area (Å²) in [4.78, 5) is 0. The fraction of sp³-hybridized carbons (Fsp3) is 0.769. The number of aliphatic hydroxyl groups is 1. The molecule has 0 saturated carbocycles. The molecule has 2 atom stereocenters. The maximum Gasteiger partial charge on any atom is 0.162 e. The highest BCUT2D eigenvalue weighted by Gasteiger charge is 2.43. The molecular weight excluding hydrogens is 248 g/mol. The number of aromatic nitrogens is 2. The van der Waals surface area contributed by atoms with E-state index in [4.69, 9.17) is 4.74 Å². The Kier molecular flexibility index (Phi) is 4.22. The van der Waals surface area contributed by atoms with Gasteiger partial charge < -0.3 is 9.84 Å². The van der Waals surface area contributed by atoms with E-state index < -0.39 is 5.60 Å². The maximum atomic E-state index is 11.1. The normalized spacial score (nSPS) is 28.3. The van der Waals surface area contributed by atoms with Gasteiger partial charge in [0.15, 0.2) is 5.75 Å². The third kappa shape index (κ3) is 2.26. The smallest absolute Gasteiger partial charge is 0.162 e. The Balaban J connectivity index is 2.43. The van der Waals surface area contributed by atoms with E-state index in [1.807, 2.05) is 16.4 Å². The number of thioether (sulfide) groups is 1. The molecular formula is C13H22N2O2S. The lowest BCUT2D eigenvalue weighted by Crippen LogP contribution is -2.41. The second-order valence-electron chi connectivity index (χ2n) is 4.83. The molecule has 18 heavy (non-hydrogen) atoms. The van der Waals surface area contributed by atoms with Gasteiger partial charge in [-0.15, -0.1) is 0 Å². The number of hydrogen-bond donors (Lipinski definition) is 1. The van der Waals surface area contributed by atoms with Gasteiger partial charge in [-0.05, 0) is 25.0 Å². The Hall–Kier alpha value is -0.680. The van der Waals surface area contributed by atoms with Crippen LogP contribution in [0, 0.1) is 0 Å². The first kappa shape index (κ1) is 13.7. The van der Waals surface area contributed by atoms with Crippen LogP contribution >= 0.6 is 11.8 Å². The summed E-state index contributed by atoms with van der Waals surface area (Å²) < 4.78 is 7.29. The highest BCUT2D eigenvalue weighted by atomic mass is 32.2. The predicted octanol–water partition coefficient (Wildman–Crippen LogP) is 2.40. The summed E-state index contributed by atoms with van der Waals surface area (Å²) in [5.41, 5.74) is 0.0338. The Labute approximate surface area is 113 Å². The van der Waals surface area contributed by atoms with E-state index in [9.17, 15) is 5.11 Å². The summed E-state index contributed by atoms with van der Waals surface area (Å²) >= 11 is 1.82. The van der Waals surface area contributed by atoms with E-state index in [0.29, 0.717) is 5.75 Å². The summed E-state index contributed by atoms with van der Waals surface area (Å²) in [6.45, 7) is 5.02. The van der Waals surface area contributed by atoms with Gasteiger partial charge in [-0.1, -0.05) is 13.8 Å². The molecule has 0 aromatic carbocycles. The molecule has 5 heteroatoms. The van der Waals surface area contributed by atoms with Crippen molar-refractivity contribution in [1.29, 1.82) is 0 Å². The van der Waals surface area contributed by atoms with Crippen molar-refractivity contribution >= 4 is 11.8 Å². The number of methoxy groups -OCH3 is 1. The van der Waals surface area contributed by atoms with Crippen LogP contribution in [0.15, 0.2) is 6.20 Å². The van der Waals surface area contributed by atoms with Gasteiger partial charge >= 0.3 is 0 Å². The lowest BCUT2D eigenvalue weighted by atomic mass is 9.89. The Bertz CT molecular complexity index is 408. The van der Waals surface area contributed by atoms with Crippen LogP contribution in [0.2, 0.25) is 0 Å². The summed E-state index contributed by atoms with van der Waals surface area (Å²) in [7, 11) is 1.64. The largest absolute Gasteiger partial charge is 0.493 e. The van der Waals surface area contributed by atoms with Gasteiger partial charge in [0.05, 0.1) is 13.3 Å². The van der Waals surface area contributed by atoms with Gasteiger partial charge in [-0.2, -0.15) is 16.9 Å². The van der Waals surface area contributed by atoms with Crippen molar-refractivity contribution < 1.29 is 9.84 Å². The Morgan fingerprint density at radius 3 is 3.06 bits per heavy atom. The summed E-state index contributed by atoms with van der Waals surface area (Å²) in [5, 5.41) is 15.6. The van der Waals surface area contributed by atoms with Crippen LogP contribution in [0.5, 0.6) is 5.75 Å². The molecule has 1 N–H and O–H groups in total. The average Bonchev–Trinajstić information content (AvgIpc) is 2.77. The van der Waals surface area contributed by atoms with Crippen LogP contribution in [0.25, 0.3) is 0 Å². The van der Waals surface area contributed by atoms with Crippen LogP contribution in [0.1, 0.15) is 38.8 Å². The SMILES string of the molecule is CCCn1ncc(OC)c1C1(O)CCCSC1C. The molecule has 0 spiro atoms. The van der Waals surface area contributed by atoms with Crippen molar-refractivity contribution in [2.75, 3.05) is 12.9 Å². The zero-order valence-corrected chi connectivity index (χ0v) is 12.2. The number of hydrogen-bond acceptors (Lipinski definition) is 4. The molecule has 1 aliphatic rings. The molecule has 2 rings (SSSR count). The molecule has 1 fully saturated rings. The number of aryl methyl sites for hydroxylation is 1. The quantitative estimate of drug-likeness (QED) is 0.912. The first-order valence-corrected chi connectivity index (χ1v) is 7.62. The van der Waals surface area contributed by atoms with E-state index in [2.05, 4.69) is 18.9 Å². The van der Waals surface area contributed by atoms with E-state index in [0.717, 1.165) is 37.3 Å². The molecule has 1 saturated heterocycles. The standard InChI is InChI=1S/C13H22N2O2S/c1-4-7-15-12(11(17-3)9-14-15)13(16)6-5-8-18-10(13)2/h9-10,16H,4-8H2,1-3H3. The number of nitrogens with zero attached hydrogens (tertiary/aromatic N) is 2. The van der Waals surface area contributed by atoms with E-state index in [1.54, 1.807) is 13.3 Å². The van der Waals surface area contributed by atoms with Crippen molar-refractivity contribution in [2.24, 2.45) is 0 Å². The highest BCUT2D eigenvalue weighted by Crippen LogP contribution is 2.44. The summed E-state index contributed by atoms with van der Waals surface area (Å²) in [5.74, 6) is 1.83. The summed E-state index contributed by atoms with van der Waals surface area (Å²) in [6.07, 6.45) is 4.53. The number of rotatable bonds is 4. The zero-order chi connectivity index (χ0) is 13.2. The van der Waals surface area contributed by atoms with E-state index in [1.165, 1.54) is 0 Å². The van der Waals surface area contributed by atoms with Crippen molar-refractivity contribution in [2.45, 2.75) is 50.5 Å². The molecule has 1 aromatic heterocycles. The minimum Gasteiger partial charge on any atom is -0.493 e. The van der Waals surface area contributed by atoms with E-state index >= 15 is 0 Å². The highest BCUT2D eigenvalue weighted by molar-refractivity contribution is 8.00. The van der Waals surface area contributed by atoms with Crippen LogP contribution < -0.4 is 4.74 Å². The fourth-order valence-electron chi connectivity index (χ4n) is 2.59. The summed E-state index contributed by atoms with van der Waals surface area (Å²) in [6, 6.07) is 0. The first-order chi connectivity index (χ1) is 8.63. The molecule has 4 nitrogen and oxygen atoms in total. The minimum atomic E-state index is -0.820. The van der Waals surface area contributed by atoms with Crippen LogP contribution in [0.3, 0.4) is 0 Å². The van der Waals surface area contributed by atoms with Gasteiger partial charge in [0.2, 0.25) is 0 Å². The second kappa shape index (κ2) is 5.53. The molecule has 1 aliphatic heterocycles. The van der Waals surface area contributed by atoms with Crippen molar-refractivity contribution in [1.82, 2.24) is 9.78 Å². The molecule has 1 aromatic rings.